The Morgan fingerprint density at radius 2 is 1.80 bits per heavy atom. The summed E-state index contributed by atoms with van der Waals surface area (Å²) < 4.78 is 0. The normalized spacial score (nSPS) is 16.2. The zero-order valence-corrected chi connectivity index (χ0v) is 9.44. The van der Waals surface area contributed by atoms with Crippen LogP contribution in [0.1, 0.15) is 6.92 Å². The summed E-state index contributed by atoms with van der Waals surface area (Å²) in [6.45, 7) is 2.33. The Bertz CT molecular complexity index is 18.9. The summed E-state index contributed by atoms with van der Waals surface area (Å²) in [4.78, 5) is 0. The van der Waals surface area contributed by atoms with E-state index in [9.17, 15) is 0 Å². The summed E-state index contributed by atoms with van der Waals surface area (Å²) in [6.07, 6.45) is 0. The fraction of sp³-hybridized carbons (Fsp3) is 1.00. The molecule has 0 unspecified atom stereocenters. The van der Waals surface area contributed by atoms with Crippen molar-refractivity contribution in [3.63, 3.8) is 0 Å². The second-order valence-corrected chi connectivity index (χ2v) is 24.2. The van der Waals surface area contributed by atoms with Crippen LogP contribution in [0.2, 0.25) is 6.04 Å². The molecular weight excluding hydrogens is 108 g/mol. The molecule has 0 aliphatic rings. The number of rotatable bonds is 1. The highest BCUT2D eigenvalue weighted by Gasteiger charge is 1.83. The third-order valence-electron chi connectivity index (χ3n) is 0.816. The Morgan fingerprint density at radius 1 is 1.60 bits per heavy atom. The first kappa shape index (κ1) is 5.65. The Balaban J connectivity index is 2.54. The molecule has 0 N–H and O–H groups in total. The van der Waals surface area contributed by atoms with E-state index in [1.54, 1.807) is 25.6 Å². The van der Waals surface area contributed by atoms with Gasteiger partial charge in [-0.2, -0.15) is 0 Å². The quantitative estimate of drug-likeness (QED) is 0.350. The Hall–Kier alpha value is 0.651. The van der Waals surface area contributed by atoms with Crippen LogP contribution < -0.4 is 0 Å². The van der Waals surface area contributed by atoms with Crippen LogP contribution in [0.5, 0.6) is 0 Å². The lowest BCUT2D eigenvalue weighted by molar-refractivity contribution is 1.47. The van der Waals surface area contributed by atoms with Crippen LogP contribution in [0.25, 0.3) is 0 Å². The SMILES string of the molecule is CC[SiH]([SiH3])[SiH3]. The molecule has 0 atom stereocenters. The Labute approximate surface area is 41.0 Å². The standard InChI is InChI=1S/C2H12Si3/c1-2-5(3)4/h5H,2H2,1,3-4H3. The van der Waals surface area contributed by atoms with E-state index in [-0.39, 0.29) is 7.83 Å². The van der Waals surface area contributed by atoms with Gasteiger partial charge in [0.2, 0.25) is 0 Å². The smallest absolute Gasteiger partial charge is 0.00495 e. The summed E-state index contributed by atoms with van der Waals surface area (Å²) in [5.74, 6) is 0. The van der Waals surface area contributed by atoms with Gasteiger partial charge in [0, 0.05) is 7.83 Å². The van der Waals surface area contributed by atoms with Crippen molar-refractivity contribution in [3.05, 3.63) is 0 Å². The molecule has 32 valence electrons. The van der Waals surface area contributed by atoms with Crippen molar-refractivity contribution in [3.8, 4) is 0 Å². The highest BCUT2D eigenvalue weighted by atomic mass is 29.5. The first-order valence-corrected chi connectivity index (χ1v) is 12.3. The minimum absolute atomic E-state index is 0.128. The van der Waals surface area contributed by atoms with Crippen molar-refractivity contribution in [2.45, 2.75) is 13.0 Å². The second kappa shape index (κ2) is 2.87. The molecule has 0 spiro atoms. The van der Waals surface area contributed by atoms with Gasteiger partial charge in [-0.1, -0.05) is 13.0 Å². The predicted octanol–water partition coefficient (Wildman–Crippen LogP) is -2.04. The first-order valence-electron chi connectivity index (χ1n) is 2.27. The highest BCUT2D eigenvalue weighted by molar-refractivity contribution is 7.29. The van der Waals surface area contributed by atoms with E-state index in [0.717, 1.165) is 0 Å². The maximum absolute atomic E-state index is 2.33. The van der Waals surface area contributed by atoms with Crippen LogP contribution in [0.4, 0.5) is 0 Å². The average Bonchev–Trinajstić information content (AvgIpc) is 1.38. The third-order valence-corrected chi connectivity index (χ3v) is 7.35. The molecule has 0 bridgehead atoms. The molecule has 0 saturated heterocycles. The van der Waals surface area contributed by atoms with Crippen LogP contribution in [0.3, 0.4) is 0 Å². The van der Waals surface area contributed by atoms with E-state index in [4.69, 9.17) is 0 Å². The molecule has 0 aliphatic heterocycles. The third kappa shape index (κ3) is 4.65. The molecule has 0 fully saturated rings. The lowest BCUT2D eigenvalue weighted by Gasteiger charge is -1.87. The molecule has 5 heavy (non-hydrogen) atoms. The number of hydrogen-bond acceptors (Lipinski definition) is 0. The monoisotopic (exact) mass is 120 g/mol. The van der Waals surface area contributed by atoms with E-state index in [1.165, 1.54) is 0 Å². The molecule has 0 aliphatic carbocycles. The number of hydrogen-bond donors (Lipinski definition) is 0. The zero-order valence-electron chi connectivity index (χ0n) is 4.28. The molecule has 0 radical (unpaired) electrons. The van der Waals surface area contributed by atoms with E-state index >= 15 is 0 Å². The topological polar surface area (TPSA) is 0 Å². The van der Waals surface area contributed by atoms with Crippen molar-refractivity contribution in [2.75, 3.05) is 0 Å². The molecule has 3 heteroatoms. The van der Waals surface area contributed by atoms with Crippen LogP contribution >= 0.6 is 0 Å². The molecule has 0 aromatic rings. The molecule has 0 nitrogen and oxygen atoms in total. The van der Waals surface area contributed by atoms with Gasteiger partial charge in [-0.25, -0.2) is 0 Å². The minimum Gasteiger partial charge on any atom is -0.0685 e. The van der Waals surface area contributed by atoms with E-state index in [2.05, 4.69) is 6.92 Å². The highest BCUT2D eigenvalue weighted by Crippen LogP contribution is 1.72. The molecule has 0 amide bonds. The fourth-order valence-corrected chi connectivity index (χ4v) is 0. The first-order chi connectivity index (χ1) is 2.27. The van der Waals surface area contributed by atoms with Gasteiger partial charge >= 0.3 is 0 Å². The van der Waals surface area contributed by atoms with Crippen molar-refractivity contribution in [1.82, 2.24) is 0 Å². The van der Waals surface area contributed by atoms with Gasteiger partial charge in [-0.3, -0.25) is 0 Å². The van der Waals surface area contributed by atoms with Crippen molar-refractivity contribution in [1.29, 1.82) is 0 Å². The van der Waals surface area contributed by atoms with Gasteiger partial charge < -0.3 is 0 Å². The predicted molar refractivity (Wildman–Crippen MR) is 37.5 cm³/mol. The van der Waals surface area contributed by atoms with Crippen LogP contribution in [0, 0.1) is 0 Å². The summed E-state index contributed by atoms with van der Waals surface area (Å²) in [7, 11) is 3.27. The average molecular weight is 120 g/mol. The van der Waals surface area contributed by atoms with Crippen molar-refractivity contribution < 1.29 is 0 Å². The Morgan fingerprint density at radius 3 is 1.80 bits per heavy atom. The van der Waals surface area contributed by atoms with Crippen LogP contribution in [-0.4, -0.2) is 27.4 Å². The van der Waals surface area contributed by atoms with Gasteiger partial charge in [0.1, 0.15) is 0 Å². The largest absolute Gasteiger partial charge is 0.0685 e. The summed E-state index contributed by atoms with van der Waals surface area (Å²) in [5.41, 5.74) is 0. The van der Waals surface area contributed by atoms with Gasteiger partial charge in [0.05, 0.1) is 0 Å². The maximum atomic E-state index is 2.33. The molecule has 0 saturated carbocycles. The Kier molecular flexibility index (Phi) is 3.24. The molecular formula is C2H12Si3. The minimum atomic E-state index is 0.128. The summed E-state index contributed by atoms with van der Waals surface area (Å²) >= 11 is 0. The molecule has 0 aromatic carbocycles. The summed E-state index contributed by atoms with van der Waals surface area (Å²) in [6, 6.07) is 1.57. The van der Waals surface area contributed by atoms with Crippen molar-refractivity contribution >= 4 is 27.4 Å². The van der Waals surface area contributed by atoms with Gasteiger partial charge in [0.15, 0.2) is 0 Å². The van der Waals surface area contributed by atoms with Crippen LogP contribution in [0.15, 0.2) is 0 Å². The zero-order chi connectivity index (χ0) is 4.28. The second-order valence-electron chi connectivity index (χ2n) is 1.80. The van der Waals surface area contributed by atoms with Crippen LogP contribution in [-0.2, 0) is 0 Å². The maximum Gasteiger partial charge on any atom is 0.00495 e. The fourth-order valence-electron chi connectivity index (χ4n) is 0. The van der Waals surface area contributed by atoms with Gasteiger partial charge in [-0.05, 0) is 19.5 Å². The van der Waals surface area contributed by atoms with Gasteiger partial charge in [-0.15, -0.1) is 0 Å². The molecule has 0 heterocycles. The lowest BCUT2D eigenvalue weighted by Crippen LogP contribution is -2.09. The molecule has 0 rings (SSSR count). The molecule has 0 aromatic heterocycles. The van der Waals surface area contributed by atoms with E-state index < -0.39 is 0 Å². The summed E-state index contributed by atoms with van der Waals surface area (Å²) in [5, 5.41) is 0. The lowest BCUT2D eigenvalue weighted by atomic mass is 11.0. The van der Waals surface area contributed by atoms with E-state index in [0.29, 0.717) is 0 Å². The van der Waals surface area contributed by atoms with E-state index in [1.807, 2.05) is 0 Å². The van der Waals surface area contributed by atoms with Gasteiger partial charge in [0.25, 0.3) is 0 Å². The van der Waals surface area contributed by atoms with Crippen molar-refractivity contribution in [2.24, 2.45) is 0 Å².